The molecule has 1 rings (SSSR count). The molecule has 17 heavy (non-hydrogen) atoms. The Hall–Kier alpha value is -1.95. The Labute approximate surface area is 102 Å². The van der Waals surface area contributed by atoms with E-state index in [4.69, 9.17) is 4.74 Å². The lowest BCUT2D eigenvalue weighted by Crippen LogP contribution is -2.10. The molecular formula is C14H17NO2. The van der Waals surface area contributed by atoms with Crippen molar-refractivity contribution in [3.8, 4) is 11.8 Å². The van der Waals surface area contributed by atoms with Gasteiger partial charge in [0.1, 0.15) is 6.42 Å². The summed E-state index contributed by atoms with van der Waals surface area (Å²) in [5, 5.41) is 0. The van der Waals surface area contributed by atoms with Crippen LogP contribution in [0.3, 0.4) is 0 Å². The lowest BCUT2D eigenvalue weighted by molar-refractivity contribution is -0.141. The van der Waals surface area contributed by atoms with Crippen LogP contribution in [0, 0.1) is 11.8 Å². The van der Waals surface area contributed by atoms with E-state index in [9.17, 15) is 4.79 Å². The lowest BCUT2D eigenvalue weighted by Gasteiger charge is -2.13. The molecule has 0 aliphatic heterocycles. The summed E-state index contributed by atoms with van der Waals surface area (Å²) in [4.78, 5) is 13.1. The van der Waals surface area contributed by atoms with Gasteiger partial charge in [-0.2, -0.15) is 0 Å². The van der Waals surface area contributed by atoms with Crippen LogP contribution >= 0.6 is 0 Å². The van der Waals surface area contributed by atoms with Crippen molar-refractivity contribution in [3.05, 3.63) is 29.8 Å². The predicted octanol–water partition coefficient (Wildman–Crippen LogP) is 2.06. The Balaban J connectivity index is 2.75. The van der Waals surface area contributed by atoms with Gasteiger partial charge >= 0.3 is 5.97 Å². The molecule has 0 spiro atoms. The molecule has 0 aromatic heterocycles. The van der Waals surface area contributed by atoms with E-state index in [0.717, 1.165) is 11.3 Å². The van der Waals surface area contributed by atoms with Crippen LogP contribution < -0.4 is 4.90 Å². The molecule has 0 aliphatic rings. The third kappa shape index (κ3) is 4.20. The molecule has 0 amide bonds. The Kier molecular flexibility index (Phi) is 5.09. The molecule has 0 atom stereocenters. The van der Waals surface area contributed by atoms with Crippen molar-refractivity contribution in [3.63, 3.8) is 0 Å². The van der Waals surface area contributed by atoms with Crippen molar-refractivity contribution in [2.24, 2.45) is 0 Å². The molecular weight excluding hydrogens is 214 g/mol. The third-order valence-corrected chi connectivity index (χ3v) is 2.15. The average Bonchev–Trinajstić information content (AvgIpc) is 2.30. The highest BCUT2D eigenvalue weighted by molar-refractivity contribution is 5.73. The summed E-state index contributed by atoms with van der Waals surface area (Å²) in [5.41, 5.74) is 1.96. The molecule has 0 unspecified atom stereocenters. The monoisotopic (exact) mass is 231 g/mol. The fourth-order valence-electron chi connectivity index (χ4n) is 1.39. The number of carbonyl (C=O) groups is 1. The fraction of sp³-hybridized carbons (Fsp3) is 0.357. The van der Waals surface area contributed by atoms with Gasteiger partial charge in [-0.3, -0.25) is 4.79 Å². The van der Waals surface area contributed by atoms with E-state index in [-0.39, 0.29) is 12.4 Å². The summed E-state index contributed by atoms with van der Waals surface area (Å²) in [6.07, 6.45) is 0.135. The van der Waals surface area contributed by atoms with E-state index in [2.05, 4.69) is 11.8 Å². The summed E-state index contributed by atoms with van der Waals surface area (Å²) in [5.74, 6) is 5.55. The zero-order valence-electron chi connectivity index (χ0n) is 10.5. The van der Waals surface area contributed by atoms with Crippen LogP contribution in [-0.4, -0.2) is 26.7 Å². The highest BCUT2D eigenvalue weighted by Crippen LogP contribution is 2.16. The maximum Gasteiger partial charge on any atom is 0.317 e. The standard InChI is InChI=1S/C14H17NO2/c1-4-17-14(16)11-7-9-12-8-5-6-10-13(12)15(2)3/h5-6,8,10H,4,11H2,1-3H3. The Bertz CT molecular complexity index is 441. The second kappa shape index (κ2) is 6.59. The van der Waals surface area contributed by atoms with Gasteiger partial charge in [0.05, 0.1) is 12.3 Å². The van der Waals surface area contributed by atoms with Gasteiger partial charge < -0.3 is 9.64 Å². The van der Waals surface area contributed by atoms with Crippen LogP contribution in [-0.2, 0) is 9.53 Å². The summed E-state index contributed by atoms with van der Waals surface area (Å²) in [7, 11) is 3.93. The molecule has 0 bridgehead atoms. The fourth-order valence-corrected chi connectivity index (χ4v) is 1.39. The highest BCUT2D eigenvalue weighted by Gasteiger charge is 2.00. The lowest BCUT2D eigenvalue weighted by atomic mass is 10.1. The maximum atomic E-state index is 11.1. The SMILES string of the molecule is CCOC(=O)CC#Cc1ccccc1N(C)C. The second-order valence-corrected chi connectivity index (χ2v) is 3.70. The normalized spacial score (nSPS) is 9.12. The summed E-state index contributed by atoms with van der Waals surface area (Å²) in [6.45, 7) is 2.18. The first-order valence-corrected chi connectivity index (χ1v) is 5.56. The molecule has 3 nitrogen and oxygen atoms in total. The molecule has 0 radical (unpaired) electrons. The molecule has 0 aliphatic carbocycles. The number of benzene rings is 1. The molecule has 0 N–H and O–H groups in total. The zero-order chi connectivity index (χ0) is 12.7. The Morgan fingerprint density at radius 1 is 1.35 bits per heavy atom. The van der Waals surface area contributed by atoms with Crippen molar-refractivity contribution in [1.29, 1.82) is 0 Å². The van der Waals surface area contributed by atoms with Crippen LogP contribution in [0.25, 0.3) is 0 Å². The molecule has 0 saturated carbocycles. The van der Waals surface area contributed by atoms with Crippen LogP contribution in [0.2, 0.25) is 0 Å². The van der Waals surface area contributed by atoms with Crippen LogP contribution in [0.4, 0.5) is 5.69 Å². The number of esters is 1. The van der Waals surface area contributed by atoms with Crippen LogP contribution in [0.1, 0.15) is 18.9 Å². The number of carbonyl (C=O) groups excluding carboxylic acids is 1. The molecule has 1 aromatic carbocycles. The van der Waals surface area contributed by atoms with E-state index in [1.165, 1.54) is 0 Å². The predicted molar refractivity (Wildman–Crippen MR) is 68.9 cm³/mol. The van der Waals surface area contributed by atoms with Crippen LogP contribution in [0.5, 0.6) is 0 Å². The second-order valence-electron chi connectivity index (χ2n) is 3.70. The van der Waals surface area contributed by atoms with Gasteiger partial charge in [-0.1, -0.05) is 24.0 Å². The molecule has 1 aromatic rings. The first-order valence-electron chi connectivity index (χ1n) is 5.56. The first-order chi connectivity index (χ1) is 8.15. The quantitative estimate of drug-likeness (QED) is 0.589. The largest absolute Gasteiger partial charge is 0.465 e. The van der Waals surface area contributed by atoms with E-state index in [1.54, 1.807) is 6.92 Å². The highest BCUT2D eigenvalue weighted by atomic mass is 16.5. The van der Waals surface area contributed by atoms with Gasteiger partial charge in [0.25, 0.3) is 0 Å². The minimum atomic E-state index is -0.276. The minimum Gasteiger partial charge on any atom is -0.465 e. The number of rotatable bonds is 3. The van der Waals surface area contributed by atoms with Gasteiger partial charge in [0.15, 0.2) is 0 Å². The molecule has 3 heteroatoms. The zero-order valence-corrected chi connectivity index (χ0v) is 10.5. The summed E-state index contributed by atoms with van der Waals surface area (Å²) < 4.78 is 4.81. The van der Waals surface area contributed by atoms with Gasteiger partial charge in [-0.05, 0) is 19.1 Å². The molecule has 0 saturated heterocycles. The van der Waals surface area contributed by atoms with Gasteiger partial charge in [0.2, 0.25) is 0 Å². The van der Waals surface area contributed by atoms with E-state index >= 15 is 0 Å². The van der Waals surface area contributed by atoms with E-state index in [0.29, 0.717) is 6.61 Å². The maximum absolute atomic E-state index is 11.1. The number of hydrogen-bond donors (Lipinski definition) is 0. The van der Waals surface area contributed by atoms with E-state index < -0.39 is 0 Å². The van der Waals surface area contributed by atoms with Crippen molar-refractivity contribution >= 4 is 11.7 Å². The molecule has 0 heterocycles. The number of ether oxygens (including phenoxy) is 1. The minimum absolute atomic E-state index is 0.135. The summed E-state index contributed by atoms with van der Waals surface area (Å²) >= 11 is 0. The number of hydrogen-bond acceptors (Lipinski definition) is 3. The number of anilines is 1. The smallest absolute Gasteiger partial charge is 0.317 e. The third-order valence-electron chi connectivity index (χ3n) is 2.15. The van der Waals surface area contributed by atoms with Gasteiger partial charge in [-0.15, -0.1) is 0 Å². The summed E-state index contributed by atoms with van der Waals surface area (Å²) in [6, 6.07) is 7.83. The Morgan fingerprint density at radius 3 is 2.71 bits per heavy atom. The van der Waals surface area contributed by atoms with Crippen LogP contribution in [0.15, 0.2) is 24.3 Å². The first kappa shape index (κ1) is 13.1. The topological polar surface area (TPSA) is 29.5 Å². The number of nitrogens with zero attached hydrogens (tertiary/aromatic N) is 1. The van der Waals surface area contributed by atoms with Gasteiger partial charge in [-0.25, -0.2) is 0 Å². The van der Waals surface area contributed by atoms with E-state index in [1.807, 2.05) is 43.3 Å². The van der Waals surface area contributed by atoms with Crippen molar-refractivity contribution < 1.29 is 9.53 Å². The average molecular weight is 231 g/mol. The molecule has 0 fully saturated rings. The van der Waals surface area contributed by atoms with Crippen molar-refractivity contribution in [2.45, 2.75) is 13.3 Å². The molecule has 90 valence electrons. The van der Waals surface area contributed by atoms with Gasteiger partial charge in [0, 0.05) is 19.7 Å². The number of para-hydroxylation sites is 1. The Morgan fingerprint density at radius 2 is 2.06 bits per heavy atom. The van der Waals surface area contributed by atoms with Crippen molar-refractivity contribution in [2.75, 3.05) is 25.6 Å². The van der Waals surface area contributed by atoms with Crippen molar-refractivity contribution in [1.82, 2.24) is 0 Å².